The molecule has 1 aliphatic rings. The Kier molecular flexibility index (Phi) is 4.55. The first-order valence-electron chi connectivity index (χ1n) is 6.12. The van der Waals surface area contributed by atoms with Gasteiger partial charge < -0.3 is 19.3 Å². The molecule has 22 heavy (non-hydrogen) atoms. The number of Topliss-reactive ketones (excluding diaryl/α,β-unsaturated/α-hetero) is 1. The van der Waals surface area contributed by atoms with Gasteiger partial charge in [-0.3, -0.25) is 4.79 Å². The summed E-state index contributed by atoms with van der Waals surface area (Å²) in [4.78, 5) is 15.2. The van der Waals surface area contributed by atoms with Crippen molar-refractivity contribution >= 4 is 11.7 Å². The Morgan fingerprint density at radius 2 is 2.18 bits per heavy atom. The number of halogens is 3. The fourth-order valence-corrected chi connectivity index (χ4v) is 1.82. The second-order valence-corrected chi connectivity index (χ2v) is 4.30. The summed E-state index contributed by atoms with van der Waals surface area (Å²) < 4.78 is 50.9. The largest absolute Gasteiger partial charge is 0.573 e. The zero-order valence-corrected chi connectivity index (χ0v) is 11.4. The molecule has 1 aromatic carbocycles. The number of hydrogen-bond acceptors (Lipinski definition) is 6. The lowest BCUT2D eigenvalue weighted by Crippen LogP contribution is -2.22. The quantitative estimate of drug-likeness (QED) is 0.885. The molecule has 0 radical (unpaired) electrons. The molecule has 1 aromatic rings. The molecule has 0 spiro atoms. The number of ketones is 1. The van der Waals surface area contributed by atoms with Crippen molar-refractivity contribution in [2.24, 2.45) is 4.99 Å². The molecule has 9 heteroatoms. The van der Waals surface area contributed by atoms with Gasteiger partial charge in [0.1, 0.15) is 19.3 Å². The molecule has 0 amide bonds. The lowest BCUT2D eigenvalue weighted by Gasteiger charge is -2.13. The number of aliphatic imine (C=N–C) groups is 1. The first kappa shape index (κ1) is 16.1. The standard InChI is InChI=1S/C13H12F3NO5/c1-20-10-3-2-7(4-11(10)22-13(14,15)16)12-17-8(6-21-12)9(19)5-18/h2-4,8,18H,5-6H2,1H3/t8-/m0/s1. The minimum Gasteiger partial charge on any atom is -0.493 e. The fourth-order valence-electron chi connectivity index (χ4n) is 1.82. The average Bonchev–Trinajstić information content (AvgIpc) is 2.94. The van der Waals surface area contributed by atoms with E-state index in [2.05, 4.69) is 9.73 Å². The fraction of sp³-hybridized carbons (Fsp3) is 0.385. The van der Waals surface area contributed by atoms with Crippen molar-refractivity contribution in [3.63, 3.8) is 0 Å². The van der Waals surface area contributed by atoms with Crippen molar-refractivity contribution in [3.8, 4) is 11.5 Å². The molecule has 0 saturated heterocycles. The molecule has 0 saturated carbocycles. The second kappa shape index (κ2) is 6.22. The van der Waals surface area contributed by atoms with Crippen molar-refractivity contribution in [2.75, 3.05) is 20.3 Å². The van der Waals surface area contributed by atoms with Gasteiger partial charge in [-0.15, -0.1) is 13.2 Å². The van der Waals surface area contributed by atoms with E-state index in [9.17, 15) is 18.0 Å². The van der Waals surface area contributed by atoms with Crippen LogP contribution < -0.4 is 9.47 Å². The van der Waals surface area contributed by atoms with Crippen LogP contribution >= 0.6 is 0 Å². The third-order valence-electron chi connectivity index (χ3n) is 2.81. The highest BCUT2D eigenvalue weighted by Crippen LogP contribution is 2.33. The molecule has 1 N–H and O–H groups in total. The summed E-state index contributed by atoms with van der Waals surface area (Å²) >= 11 is 0. The van der Waals surface area contributed by atoms with Gasteiger partial charge in [-0.25, -0.2) is 4.99 Å². The van der Waals surface area contributed by atoms with Crippen LogP contribution in [0.3, 0.4) is 0 Å². The van der Waals surface area contributed by atoms with Crippen molar-refractivity contribution < 1.29 is 37.3 Å². The molecule has 2 rings (SSSR count). The Morgan fingerprint density at radius 3 is 2.77 bits per heavy atom. The van der Waals surface area contributed by atoms with Gasteiger partial charge in [-0.1, -0.05) is 0 Å². The normalized spacial score (nSPS) is 17.7. The topological polar surface area (TPSA) is 77.4 Å². The molecule has 0 bridgehead atoms. The predicted octanol–water partition coefficient (Wildman–Crippen LogP) is 1.30. The van der Waals surface area contributed by atoms with Gasteiger partial charge in [-0.05, 0) is 18.2 Å². The number of alkyl halides is 3. The lowest BCUT2D eigenvalue weighted by molar-refractivity contribution is -0.275. The smallest absolute Gasteiger partial charge is 0.493 e. The number of benzene rings is 1. The van der Waals surface area contributed by atoms with E-state index in [4.69, 9.17) is 14.6 Å². The monoisotopic (exact) mass is 319 g/mol. The van der Waals surface area contributed by atoms with E-state index < -0.39 is 30.5 Å². The van der Waals surface area contributed by atoms with E-state index in [1.54, 1.807) is 0 Å². The van der Waals surface area contributed by atoms with Gasteiger partial charge in [0.25, 0.3) is 0 Å². The number of hydrogen-bond donors (Lipinski definition) is 1. The SMILES string of the molecule is COc1ccc(C2=N[C@H](C(=O)CO)CO2)cc1OC(F)(F)F. The van der Waals surface area contributed by atoms with Gasteiger partial charge in [0.2, 0.25) is 5.90 Å². The minimum atomic E-state index is -4.88. The van der Waals surface area contributed by atoms with E-state index in [1.807, 2.05) is 0 Å². The highest BCUT2D eigenvalue weighted by molar-refractivity contribution is 5.99. The molecular weight excluding hydrogens is 307 g/mol. The number of carbonyl (C=O) groups is 1. The summed E-state index contributed by atoms with van der Waals surface area (Å²) in [5.41, 5.74) is 0.202. The summed E-state index contributed by atoms with van der Waals surface area (Å²) in [5, 5.41) is 8.76. The molecule has 1 atom stereocenters. The number of ether oxygens (including phenoxy) is 3. The maximum absolute atomic E-state index is 12.4. The summed E-state index contributed by atoms with van der Waals surface area (Å²) in [6, 6.07) is 2.88. The van der Waals surface area contributed by atoms with Crippen molar-refractivity contribution in [2.45, 2.75) is 12.4 Å². The number of rotatable bonds is 5. The van der Waals surface area contributed by atoms with E-state index in [1.165, 1.54) is 19.2 Å². The van der Waals surface area contributed by atoms with E-state index >= 15 is 0 Å². The van der Waals surface area contributed by atoms with Crippen LogP contribution in [-0.4, -0.2) is 49.5 Å². The summed E-state index contributed by atoms with van der Waals surface area (Å²) in [5.74, 6) is -1.19. The maximum Gasteiger partial charge on any atom is 0.573 e. The van der Waals surface area contributed by atoms with Gasteiger partial charge >= 0.3 is 6.36 Å². The van der Waals surface area contributed by atoms with Crippen LogP contribution in [0.2, 0.25) is 0 Å². The van der Waals surface area contributed by atoms with Gasteiger partial charge in [-0.2, -0.15) is 0 Å². The lowest BCUT2D eigenvalue weighted by atomic mass is 10.2. The van der Waals surface area contributed by atoms with Crippen LogP contribution in [0.5, 0.6) is 11.5 Å². The summed E-state index contributed by atoms with van der Waals surface area (Å²) in [7, 11) is 1.21. The van der Waals surface area contributed by atoms with Gasteiger partial charge in [0.15, 0.2) is 17.3 Å². The first-order chi connectivity index (χ1) is 10.3. The third kappa shape index (κ3) is 3.67. The summed E-state index contributed by atoms with van der Waals surface area (Å²) in [6.07, 6.45) is -4.88. The van der Waals surface area contributed by atoms with Gasteiger partial charge in [0, 0.05) is 5.56 Å². The molecule has 120 valence electrons. The zero-order chi connectivity index (χ0) is 16.3. The summed E-state index contributed by atoms with van der Waals surface area (Å²) in [6.45, 7) is -0.758. The highest BCUT2D eigenvalue weighted by atomic mass is 19.4. The number of methoxy groups -OCH3 is 1. The van der Waals surface area contributed by atoms with E-state index in [0.29, 0.717) is 0 Å². The van der Waals surface area contributed by atoms with Crippen LogP contribution in [0.15, 0.2) is 23.2 Å². The Balaban J connectivity index is 2.29. The van der Waals surface area contributed by atoms with Crippen molar-refractivity contribution in [1.29, 1.82) is 0 Å². The molecule has 1 heterocycles. The molecule has 0 aliphatic carbocycles. The van der Waals surface area contributed by atoms with Crippen molar-refractivity contribution in [1.82, 2.24) is 0 Å². The molecule has 0 fully saturated rings. The molecule has 6 nitrogen and oxygen atoms in total. The van der Waals surface area contributed by atoms with Gasteiger partial charge in [0.05, 0.1) is 7.11 Å². The van der Waals surface area contributed by atoms with E-state index in [0.717, 1.165) is 6.07 Å². The molecule has 0 unspecified atom stereocenters. The van der Waals surface area contributed by atoms with Crippen molar-refractivity contribution in [3.05, 3.63) is 23.8 Å². The van der Waals surface area contributed by atoms with Crippen LogP contribution in [0.1, 0.15) is 5.56 Å². The first-order valence-corrected chi connectivity index (χ1v) is 6.12. The third-order valence-corrected chi connectivity index (χ3v) is 2.81. The number of aliphatic hydroxyl groups is 1. The number of nitrogens with zero attached hydrogens (tertiary/aromatic N) is 1. The van der Waals surface area contributed by atoms with E-state index in [-0.39, 0.29) is 23.8 Å². The maximum atomic E-state index is 12.4. The Hall–Kier alpha value is -2.29. The molecule has 1 aliphatic heterocycles. The molecular formula is C13H12F3NO5. The highest BCUT2D eigenvalue weighted by Gasteiger charge is 2.33. The van der Waals surface area contributed by atoms with Crippen LogP contribution in [-0.2, 0) is 9.53 Å². The minimum absolute atomic E-state index is 0.00137. The Bertz CT molecular complexity index is 600. The Labute approximate surface area is 123 Å². The molecule has 0 aromatic heterocycles. The number of aliphatic hydroxyl groups excluding tert-OH is 1. The average molecular weight is 319 g/mol. The zero-order valence-electron chi connectivity index (χ0n) is 11.4. The van der Waals surface area contributed by atoms with Crippen LogP contribution in [0.25, 0.3) is 0 Å². The van der Waals surface area contributed by atoms with Crippen LogP contribution in [0.4, 0.5) is 13.2 Å². The second-order valence-electron chi connectivity index (χ2n) is 4.30. The predicted molar refractivity (Wildman–Crippen MR) is 68.0 cm³/mol. The number of carbonyl (C=O) groups excluding carboxylic acids is 1. The van der Waals surface area contributed by atoms with Crippen LogP contribution in [0, 0.1) is 0 Å². The Morgan fingerprint density at radius 1 is 1.45 bits per heavy atom.